The second-order valence-electron chi connectivity index (χ2n) is 8.14. The topological polar surface area (TPSA) is 67.9 Å². The van der Waals surface area contributed by atoms with Crippen LogP contribution in [0.1, 0.15) is 23.6 Å². The lowest BCUT2D eigenvalue weighted by molar-refractivity contribution is -0.122. The fourth-order valence-electron chi connectivity index (χ4n) is 3.71. The molecule has 2 amide bonds. The summed E-state index contributed by atoms with van der Waals surface area (Å²) in [6.07, 6.45) is 2.34. The maximum absolute atomic E-state index is 13.4. The number of amides is 2. The van der Waals surface area contributed by atoms with Crippen molar-refractivity contribution in [1.29, 1.82) is 0 Å². The Kier molecular flexibility index (Phi) is 9.15. The summed E-state index contributed by atoms with van der Waals surface area (Å²) in [4.78, 5) is 27.6. The van der Waals surface area contributed by atoms with Gasteiger partial charge in [0, 0.05) is 4.47 Å². The quantitative estimate of drug-likeness (QED) is 0.157. The third-order valence-electron chi connectivity index (χ3n) is 5.75. The Labute approximate surface area is 252 Å². The summed E-state index contributed by atoms with van der Waals surface area (Å²) >= 11 is 24.5. The van der Waals surface area contributed by atoms with Gasteiger partial charge in [-0.05, 0) is 104 Å². The lowest BCUT2D eigenvalue weighted by atomic mass is 10.1. The van der Waals surface area contributed by atoms with E-state index < -0.39 is 11.8 Å². The molecular weight excluding hydrogens is 679 g/mol. The molecule has 3 aromatic rings. The molecule has 6 nitrogen and oxygen atoms in total. The highest BCUT2D eigenvalue weighted by molar-refractivity contribution is 9.13. The average Bonchev–Trinajstić information content (AvgIpc) is 2.90. The number of hydrogen-bond donors (Lipinski definition) is 1. The molecule has 1 N–H and O–H groups in total. The van der Waals surface area contributed by atoms with Crippen LogP contribution in [-0.4, -0.2) is 24.0 Å². The van der Waals surface area contributed by atoms with E-state index in [2.05, 4.69) is 37.2 Å². The number of carbonyl (C=O) groups excluding carboxylic acids is 2. The standard InChI is InChI=1S/C27H20Br2Cl2N2O4S/c1-3-14-4-7-17(8-5-14)33-26(35)18(25(34)32-27(33)38)11-16-12-21(36-2)24(23(29)22(16)28)37-13-15-6-9-19(30)20(31)10-15/h4-12H,3,13H2,1-2H3,(H,32,34,38)/b18-11+. The second-order valence-corrected chi connectivity index (χ2v) is 10.9. The van der Waals surface area contributed by atoms with E-state index in [4.69, 9.17) is 44.9 Å². The predicted octanol–water partition coefficient (Wildman–Crippen LogP) is 7.50. The molecule has 1 fully saturated rings. The van der Waals surface area contributed by atoms with Crippen LogP contribution in [0, 0.1) is 0 Å². The van der Waals surface area contributed by atoms with Crippen molar-refractivity contribution in [2.24, 2.45) is 0 Å². The molecule has 1 aliphatic rings. The number of benzene rings is 3. The minimum atomic E-state index is -0.594. The van der Waals surface area contributed by atoms with Gasteiger partial charge in [0.15, 0.2) is 16.6 Å². The highest BCUT2D eigenvalue weighted by Gasteiger charge is 2.35. The highest BCUT2D eigenvalue weighted by atomic mass is 79.9. The van der Waals surface area contributed by atoms with Crippen LogP contribution in [0.2, 0.25) is 10.0 Å². The maximum atomic E-state index is 13.4. The van der Waals surface area contributed by atoms with Gasteiger partial charge in [0.05, 0.1) is 27.3 Å². The molecule has 1 aliphatic heterocycles. The largest absolute Gasteiger partial charge is 0.493 e. The molecule has 4 rings (SSSR count). The lowest BCUT2D eigenvalue weighted by Gasteiger charge is -2.29. The van der Waals surface area contributed by atoms with Crippen molar-refractivity contribution in [2.75, 3.05) is 12.0 Å². The molecule has 0 radical (unpaired) electrons. The van der Waals surface area contributed by atoms with Gasteiger partial charge in [-0.2, -0.15) is 0 Å². The number of halogens is 4. The molecule has 0 aromatic heterocycles. The SMILES string of the molecule is CCc1ccc(N2C(=O)/C(=C/c3cc(OC)c(OCc4ccc(Cl)c(Cl)c4)c(Br)c3Br)C(=O)NC2=S)cc1. The van der Waals surface area contributed by atoms with Crippen molar-refractivity contribution >= 4 is 96.0 Å². The molecule has 1 saturated heterocycles. The van der Waals surface area contributed by atoms with Crippen LogP contribution in [-0.2, 0) is 22.6 Å². The molecule has 0 atom stereocenters. The third kappa shape index (κ3) is 5.92. The molecule has 38 heavy (non-hydrogen) atoms. The first-order valence-corrected chi connectivity index (χ1v) is 14.0. The van der Waals surface area contributed by atoms with Gasteiger partial charge in [0.25, 0.3) is 11.8 Å². The van der Waals surface area contributed by atoms with E-state index in [1.165, 1.54) is 18.1 Å². The summed E-state index contributed by atoms with van der Waals surface area (Å²) in [5, 5.41) is 3.50. The van der Waals surface area contributed by atoms with E-state index in [-0.39, 0.29) is 17.3 Å². The van der Waals surface area contributed by atoms with Crippen LogP contribution in [0.15, 0.2) is 63.0 Å². The zero-order chi connectivity index (χ0) is 27.6. The Morgan fingerprint density at radius 1 is 1.00 bits per heavy atom. The summed E-state index contributed by atoms with van der Waals surface area (Å²) in [6, 6.07) is 14.3. The molecule has 0 unspecified atom stereocenters. The summed E-state index contributed by atoms with van der Waals surface area (Å²) < 4.78 is 12.7. The van der Waals surface area contributed by atoms with Gasteiger partial charge >= 0.3 is 0 Å². The molecule has 0 aliphatic carbocycles. The van der Waals surface area contributed by atoms with E-state index in [1.807, 2.05) is 25.1 Å². The molecule has 1 heterocycles. The van der Waals surface area contributed by atoms with E-state index >= 15 is 0 Å². The van der Waals surface area contributed by atoms with Crippen LogP contribution >= 0.6 is 67.3 Å². The van der Waals surface area contributed by atoms with E-state index in [0.29, 0.717) is 41.7 Å². The summed E-state index contributed by atoms with van der Waals surface area (Å²) in [5.41, 5.74) is 2.92. The first-order chi connectivity index (χ1) is 18.1. The normalized spacial score (nSPS) is 14.6. The van der Waals surface area contributed by atoms with Gasteiger partial charge in [0.2, 0.25) is 0 Å². The fraction of sp³-hybridized carbons (Fsp3) is 0.148. The Bertz CT molecular complexity index is 1480. The monoisotopic (exact) mass is 696 g/mol. The predicted molar refractivity (Wildman–Crippen MR) is 161 cm³/mol. The maximum Gasteiger partial charge on any atom is 0.270 e. The van der Waals surface area contributed by atoms with E-state index in [1.54, 1.807) is 30.3 Å². The number of hydrogen-bond acceptors (Lipinski definition) is 5. The molecule has 3 aromatic carbocycles. The number of thiocarbonyl (C=S) groups is 1. The van der Waals surface area contributed by atoms with Gasteiger partial charge < -0.3 is 9.47 Å². The molecule has 0 bridgehead atoms. The van der Waals surface area contributed by atoms with Gasteiger partial charge in [-0.25, -0.2) is 0 Å². The Balaban J connectivity index is 1.67. The third-order valence-corrected chi connectivity index (χ3v) is 8.91. The zero-order valence-electron chi connectivity index (χ0n) is 20.1. The van der Waals surface area contributed by atoms with Crippen LogP contribution in [0.3, 0.4) is 0 Å². The van der Waals surface area contributed by atoms with Crippen molar-refractivity contribution in [3.8, 4) is 11.5 Å². The van der Waals surface area contributed by atoms with Crippen LogP contribution in [0.4, 0.5) is 5.69 Å². The first kappa shape index (κ1) is 28.6. The van der Waals surface area contributed by atoms with Crippen molar-refractivity contribution < 1.29 is 19.1 Å². The molecule has 0 saturated carbocycles. The van der Waals surface area contributed by atoms with E-state index in [0.717, 1.165) is 17.5 Å². The Morgan fingerprint density at radius 2 is 1.68 bits per heavy atom. The lowest BCUT2D eigenvalue weighted by Crippen LogP contribution is -2.54. The first-order valence-electron chi connectivity index (χ1n) is 11.3. The number of carbonyl (C=O) groups is 2. The number of nitrogens with zero attached hydrogens (tertiary/aromatic N) is 1. The highest BCUT2D eigenvalue weighted by Crippen LogP contribution is 2.44. The smallest absolute Gasteiger partial charge is 0.270 e. The number of ether oxygens (including phenoxy) is 2. The Morgan fingerprint density at radius 3 is 2.32 bits per heavy atom. The second kappa shape index (κ2) is 12.2. The van der Waals surface area contributed by atoms with E-state index in [9.17, 15) is 9.59 Å². The van der Waals surface area contributed by atoms with Crippen molar-refractivity contribution in [2.45, 2.75) is 20.0 Å². The molecular formula is C27H20Br2Cl2N2O4S. The van der Waals surface area contributed by atoms with Crippen molar-refractivity contribution in [3.63, 3.8) is 0 Å². The van der Waals surface area contributed by atoms with Crippen LogP contribution in [0.25, 0.3) is 6.08 Å². The summed E-state index contributed by atoms with van der Waals surface area (Å²) in [6.45, 7) is 2.24. The summed E-state index contributed by atoms with van der Waals surface area (Å²) in [5.74, 6) is -0.322. The van der Waals surface area contributed by atoms with Gasteiger partial charge in [-0.1, -0.05) is 48.3 Å². The number of nitrogens with one attached hydrogen (secondary N) is 1. The molecule has 11 heteroatoms. The van der Waals surface area contributed by atoms with Crippen LogP contribution in [0.5, 0.6) is 11.5 Å². The minimum absolute atomic E-state index is 0.0188. The number of aryl methyl sites for hydroxylation is 1. The number of anilines is 1. The Hall–Kier alpha value is -2.43. The fourth-order valence-corrected chi connectivity index (χ4v) is 5.26. The average molecular weight is 699 g/mol. The zero-order valence-corrected chi connectivity index (χ0v) is 25.6. The number of methoxy groups -OCH3 is 1. The number of rotatable bonds is 7. The van der Waals surface area contributed by atoms with Crippen molar-refractivity contribution in [3.05, 3.63) is 89.8 Å². The van der Waals surface area contributed by atoms with Crippen molar-refractivity contribution in [1.82, 2.24) is 5.32 Å². The van der Waals surface area contributed by atoms with Gasteiger partial charge in [0.1, 0.15) is 12.2 Å². The molecule has 0 spiro atoms. The van der Waals surface area contributed by atoms with Crippen LogP contribution < -0.4 is 19.7 Å². The summed E-state index contributed by atoms with van der Waals surface area (Å²) in [7, 11) is 1.50. The van der Waals surface area contributed by atoms with Gasteiger partial charge in [-0.3, -0.25) is 19.8 Å². The minimum Gasteiger partial charge on any atom is -0.493 e. The van der Waals surface area contributed by atoms with Gasteiger partial charge in [-0.15, -0.1) is 0 Å². The molecule has 196 valence electrons.